The summed E-state index contributed by atoms with van der Waals surface area (Å²) in [6, 6.07) is 3.74. The highest BCUT2D eigenvalue weighted by molar-refractivity contribution is 6.33. The Hall–Kier alpha value is -3.32. The van der Waals surface area contributed by atoms with E-state index in [-0.39, 0.29) is 24.1 Å². The number of nitriles is 1. The average Bonchev–Trinajstić information content (AvgIpc) is 3.36. The van der Waals surface area contributed by atoms with Crippen LogP contribution in [-0.4, -0.2) is 53.4 Å². The predicted octanol–water partition coefficient (Wildman–Crippen LogP) is 1.66. The number of benzene rings is 1. The Kier molecular flexibility index (Phi) is 6.70. The van der Waals surface area contributed by atoms with Crippen LogP contribution in [-0.2, 0) is 9.59 Å². The van der Waals surface area contributed by atoms with Crippen molar-refractivity contribution in [2.75, 3.05) is 13.7 Å². The molecule has 4 N–H and O–H groups in total. The van der Waals surface area contributed by atoms with Gasteiger partial charge in [-0.2, -0.15) is 5.26 Å². The first-order valence-electron chi connectivity index (χ1n) is 10.9. The smallest absolute Gasteiger partial charge is 0.287 e. The second-order valence-corrected chi connectivity index (χ2v) is 8.88. The van der Waals surface area contributed by atoms with Crippen molar-refractivity contribution >= 4 is 40.4 Å². The third-order valence-electron chi connectivity index (χ3n) is 6.02. The summed E-state index contributed by atoms with van der Waals surface area (Å²) in [5, 5.41) is 18.0. The number of rotatable bonds is 9. The maximum atomic E-state index is 13.0. The van der Waals surface area contributed by atoms with Gasteiger partial charge in [0, 0.05) is 12.5 Å². The molecule has 3 atom stereocenters. The quantitative estimate of drug-likeness (QED) is 0.436. The van der Waals surface area contributed by atoms with E-state index in [2.05, 4.69) is 32.0 Å². The highest BCUT2D eigenvalue weighted by Crippen LogP contribution is 2.34. The number of aromatic nitrogens is 2. The van der Waals surface area contributed by atoms with Crippen LogP contribution in [0.2, 0.25) is 5.02 Å². The summed E-state index contributed by atoms with van der Waals surface area (Å²) in [4.78, 5) is 44.9. The average molecular weight is 473 g/mol. The third kappa shape index (κ3) is 5.20. The number of amides is 3. The molecule has 2 aromatic rings. The fourth-order valence-corrected chi connectivity index (χ4v) is 4.27. The lowest BCUT2D eigenvalue weighted by molar-refractivity contribution is -0.125. The number of carbonyl (C=O) groups is 3. The van der Waals surface area contributed by atoms with Crippen molar-refractivity contribution in [1.82, 2.24) is 25.9 Å². The van der Waals surface area contributed by atoms with Crippen molar-refractivity contribution in [2.45, 2.75) is 44.2 Å². The summed E-state index contributed by atoms with van der Waals surface area (Å²) in [6.07, 6.45) is 3.32. The van der Waals surface area contributed by atoms with Crippen molar-refractivity contribution in [3.63, 3.8) is 0 Å². The zero-order chi connectivity index (χ0) is 23.5. The van der Waals surface area contributed by atoms with Crippen LogP contribution < -0.4 is 20.7 Å². The van der Waals surface area contributed by atoms with Crippen molar-refractivity contribution in [2.24, 2.45) is 11.8 Å². The second kappa shape index (κ2) is 9.67. The molecule has 174 valence electrons. The number of nitrogens with one attached hydrogen (secondary N) is 4. The summed E-state index contributed by atoms with van der Waals surface area (Å²) in [7, 11) is 1.46. The van der Waals surface area contributed by atoms with Crippen molar-refractivity contribution in [3.05, 3.63) is 23.0 Å². The molecule has 0 bridgehead atoms. The molecule has 3 amide bonds. The number of carbonyl (C=O) groups excluding carboxylic acids is 3. The molecule has 2 fully saturated rings. The largest absolute Gasteiger partial charge is 0.493 e. The molecular formula is C22H25ClN6O4. The Labute approximate surface area is 195 Å². The molecule has 33 heavy (non-hydrogen) atoms. The normalized spacial score (nSPS) is 19.4. The van der Waals surface area contributed by atoms with E-state index >= 15 is 0 Å². The van der Waals surface area contributed by atoms with Gasteiger partial charge in [-0.3, -0.25) is 14.4 Å². The molecule has 1 aliphatic carbocycles. The van der Waals surface area contributed by atoms with Crippen LogP contribution >= 0.6 is 11.6 Å². The van der Waals surface area contributed by atoms with E-state index in [9.17, 15) is 19.6 Å². The zero-order valence-corrected chi connectivity index (χ0v) is 18.9. The lowest BCUT2D eigenvalue weighted by Gasteiger charge is -2.21. The maximum Gasteiger partial charge on any atom is 0.287 e. The SMILES string of the molecule is COc1c(Cl)ccc2[nH]c(C(=O)NC(CC3CC3)C(=O)NC(C#N)CC3CCNC3=O)nc12. The number of fused-ring (bicyclic) bond motifs is 1. The number of imidazole rings is 1. The number of hydrogen-bond donors (Lipinski definition) is 4. The molecule has 0 radical (unpaired) electrons. The van der Waals surface area contributed by atoms with E-state index in [1.807, 2.05) is 0 Å². The van der Waals surface area contributed by atoms with Crippen LogP contribution in [0.15, 0.2) is 12.1 Å². The standard InChI is InChI=1S/C22H25ClN6O4/c1-33-18-14(23)4-5-15-17(18)29-19(27-15)22(32)28-16(8-11-2-3-11)21(31)26-13(10-24)9-12-6-7-25-20(12)30/h4-5,11-13,16H,2-3,6-9H2,1H3,(H,25,30)(H,26,31)(H,27,29)(H,28,32). The van der Waals surface area contributed by atoms with Gasteiger partial charge in [-0.1, -0.05) is 24.4 Å². The minimum Gasteiger partial charge on any atom is -0.493 e. The van der Waals surface area contributed by atoms with Crippen molar-refractivity contribution in [3.8, 4) is 11.8 Å². The van der Waals surface area contributed by atoms with Gasteiger partial charge in [0.25, 0.3) is 5.91 Å². The zero-order valence-electron chi connectivity index (χ0n) is 18.1. The number of aromatic amines is 1. The number of hydrogen-bond acceptors (Lipinski definition) is 6. The van der Waals surface area contributed by atoms with E-state index in [0.29, 0.717) is 47.1 Å². The van der Waals surface area contributed by atoms with Gasteiger partial charge in [0.1, 0.15) is 17.6 Å². The Morgan fingerprint density at radius 2 is 2.09 bits per heavy atom. The van der Waals surface area contributed by atoms with Crippen molar-refractivity contribution < 1.29 is 19.1 Å². The fourth-order valence-electron chi connectivity index (χ4n) is 4.04. The number of methoxy groups -OCH3 is 1. The number of nitrogens with zero attached hydrogens (tertiary/aromatic N) is 2. The van der Waals surface area contributed by atoms with Crippen LogP contribution in [0.4, 0.5) is 0 Å². The van der Waals surface area contributed by atoms with Gasteiger partial charge in [-0.15, -0.1) is 0 Å². The summed E-state index contributed by atoms with van der Waals surface area (Å²) >= 11 is 6.13. The first-order chi connectivity index (χ1) is 15.9. The molecule has 3 unspecified atom stereocenters. The van der Waals surface area contributed by atoms with E-state index in [1.54, 1.807) is 12.1 Å². The Balaban J connectivity index is 1.46. The minimum atomic E-state index is -0.822. The van der Waals surface area contributed by atoms with Crippen LogP contribution in [0.1, 0.15) is 42.7 Å². The highest BCUT2D eigenvalue weighted by Gasteiger charge is 2.33. The predicted molar refractivity (Wildman–Crippen MR) is 120 cm³/mol. The fraction of sp³-hybridized carbons (Fsp3) is 0.500. The molecule has 1 saturated heterocycles. The van der Waals surface area contributed by atoms with Crippen LogP contribution in [0, 0.1) is 23.2 Å². The summed E-state index contributed by atoms with van der Waals surface area (Å²) < 4.78 is 5.28. The molecule has 10 nitrogen and oxygen atoms in total. The molecule has 4 rings (SSSR count). The lowest BCUT2D eigenvalue weighted by atomic mass is 9.98. The van der Waals surface area contributed by atoms with Gasteiger partial charge in [0.15, 0.2) is 11.6 Å². The van der Waals surface area contributed by atoms with E-state index < -0.39 is 23.9 Å². The van der Waals surface area contributed by atoms with Gasteiger partial charge in [-0.25, -0.2) is 4.98 Å². The molecule has 1 saturated carbocycles. The molecule has 1 aliphatic heterocycles. The van der Waals surface area contributed by atoms with Gasteiger partial charge in [0.2, 0.25) is 11.8 Å². The number of H-pyrrole nitrogens is 1. The van der Waals surface area contributed by atoms with Crippen LogP contribution in [0.5, 0.6) is 5.75 Å². The molecule has 2 heterocycles. The molecule has 1 aromatic carbocycles. The molecule has 0 spiro atoms. The minimum absolute atomic E-state index is 0.0265. The monoisotopic (exact) mass is 472 g/mol. The highest BCUT2D eigenvalue weighted by atomic mass is 35.5. The molecule has 1 aromatic heterocycles. The topological polar surface area (TPSA) is 149 Å². The number of ether oxygens (including phenoxy) is 1. The van der Waals surface area contributed by atoms with Crippen LogP contribution in [0.25, 0.3) is 11.0 Å². The lowest BCUT2D eigenvalue weighted by Crippen LogP contribution is -2.50. The van der Waals surface area contributed by atoms with Gasteiger partial charge >= 0.3 is 0 Å². The third-order valence-corrected chi connectivity index (χ3v) is 6.32. The molecular weight excluding hydrogens is 448 g/mol. The van der Waals surface area contributed by atoms with Crippen molar-refractivity contribution in [1.29, 1.82) is 5.26 Å². The Morgan fingerprint density at radius 3 is 2.73 bits per heavy atom. The molecule has 2 aliphatic rings. The summed E-state index contributed by atoms with van der Waals surface area (Å²) in [5.74, 6) is -0.678. The van der Waals surface area contributed by atoms with E-state index in [1.165, 1.54) is 7.11 Å². The van der Waals surface area contributed by atoms with Gasteiger partial charge in [0.05, 0.1) is 23.7 Å². The van der Waals surface area contributed by atoms with E-state index in [0.717, 1.165) is 12.8 Å². The second-order valence-electron chi connectivity index (χ2n) is 8.47. The summed E-state index contributed by atoms with van der Waals surface area (Å²) in [5.41, 5.74) is 0.988. The summed E-state index contributed by atoms with van der Waals surface area (Å²) in [6.45, 7) is 0.573. The van der Waals surface area contributed by atoms with Gasteiger partial charge in [-0.05, 0) is 37.3 Å². The van der Waals surface area contributed by atoms with Gasteiger partial charge < -0.3 is 25.7 Å². The van der Waals surface area contributed by atoms with Crippen LogP contribution in [0.3, 0.4) is 0 Å². The van der Waals surface area contributed by atoms with E-state index in [4.69, 9.17) is 16.3 Å². The first-order valence-corrected chi connectivity index (χ1v) is 11.3. The Bertz CT molecular complexity index is 1120. The Morgan fingerprint density at radius 1 is 1.30 bits per heavy atom. The molecule has 11 heteroatoms. The number of halogens is 1. The maximum absolute atomic E-state index is 13.0. The first kappa shape index (κ1) is 22.9.